The third-order valence-corrected chi connectivity index (χ3v) is 4.96. The molecule has 0 heterocycles. The van der Waals surface area contributed by atoms with E-state index in [9.17, 15) is 4.79 Å². The zero-order chi connectivity index (χ0) is 11.6. The predicted octanol–water partition coefficient (Wildman–Crippen LogP) is 3.09. The van der Waals surface area contributed by atoms with Crippen LogP contribution in [0.3, 0.4) is 0 Å². The lowest BCUT2D eigenvalue weighted by Crippen LogP contribution is -2.29. The Morgan fingerprint density at radius 1 is 1.44 bits per heavy atom. The number of esters is 1. The maximum absolute atomic E-state index is 11.4. The maximum atomic E-state index is 11.4. The summed E-state index contributed by atoms with van der Waals surface area (Å²) in [7, 11) is 1.38. The molecule has 0 N–H and O–H groups in total. The number of ether oxygens (including phenoxy) is 1. The van der Waals surface area contributed by atoms with Gasteiger partial charge in [0, 0.05) is 9.64 Å². The van der Waals surface area contributed by atoms with Crippen molar-refractivity contribution in [3.63, 3.8) is 0 Å². The minimum Gasteiger partial charge on any atom is -0.468 e. The summed E-state index contributed by atoms with van der Waals surface area (Å²) in [5.41, 5.74) is 0. The summed E-state index contributed by atoms with van der Waals surface area (Å²) in [6, 6.07) is 10.0. The van der Waals surface area contributed by atoms with Gasteiger partial charge in [0.15, 0.2) is 0 Å². The quantitative estimate of drug-likeness (QED) is 0.612. The Morgan fingerprint density at radius 3 is 2.56 bits per heavy atom. The van der Waals surface area contributed by atoms with E-state index in [1.165, 1.54) is 7.11 Å². The molecule has 1 unspecified atom stereocenters. The van der Waals surface area contributed by atoms with E-state index in [-0.39, 0.29) is 10.7 Å². The Kier molecular flexibility index (Phi) is 3.45. The first-order valence-electron chi connectivity index (χ1n) is 5.14. The number of halogens is 1. The van der Waals surface area contributed by atoms with Crippen LogP contribution in [0.5, 0.6) is 0 Å². The van der Waals surface area contributed by atoms with Gasteiger partial charge in [-0.1, -0.05) is 18.2 Å². The number of rotatable bonds is 4. The van der Waals surface area contributed by atoms with Crippen molar-refractivity contribution in [1.29, 1.82) is 0 Å². The fourth-order valence-electron chi connectivity index (χ4n) is 1.57. The van der Waals surface area contributed by atoms with Gasteiger partial charge in [0.25, 0.3) is 0 Å². The monoisotopic (exact) mass is 256 g/mol. The largest absolute Gasteiger partial charge is 0.468 e. The SMILES string of the molecule is COC(=O)C(Cl)C1(Sc2ccccc2)CC1. The van der Waals surface area contributed by atoms with Crippen LogP contribution in [0.4, 0.5) is 0 Å². The van der Waals surface area contributed by atoms with Gasteiger partial charge in [-0.05, 0) is 25.0 Å². The average Bonchev–Trinajstić information content (AvgIpc) is 3.09. The third-order valence-electron chi connectivity index (χ3n) is 2.68. The zero-order valence-corrected chi connectivity index (χ0v) is 10.6. The van der Waals surface area contributed by atoms with E-state index in [1.807, 2.05) is 30.3 Å². The van der Waals surface area contributed by atoms with Gasteiger partial charge in [-0.3, -0.25) is 4.79 Å². The van der Waals surface area contributed by atoms with E-state index in [2.05, 4.69) is 0 Å². The van der Waals surface area contributed by atoms with Crippen molar-refractivity contribution in [2.45, 2.75) is 27.9 Å². The van der Waals surface area contributed by atoms with Crippen LogP contribution in [0.2, 0.25) is 0 Å². The Hall–Kier alpha value is -0.670. The standard InChI is InChI=1S/C12H13ClO2S/c1-15-11(14)10(13)12(7-8-12)16-9-5-3-2-4-6-9/h2-6,10H,7-8H2,1H3. The molecule has 0 amide bonds. The molecule has 0 spiro atoms. The van der Waals surface area contributed by atoms with Crippen molar-refractivity contribution < 1.29 is 9.53 Å². The van der Waals surface area contributed by atoms with E-state index in [4.69, 9.17) is 16.3 Å². The number of thioether (sulfide) groups is 1. The Bertz CT molecular complexity index is 376. The molecule has 16 heavy (non-hydrogen) atoms. The zero-order valence-electron chi connectivity index (χ0n) is 8.98. The number of alkyl halides is 1. The van der Waals surface area contributed by atoms with Crippen molar-refractivity contribution in [2.24, 2.45) is 0 Å². The van der Waals surface area contributed by atoms with Crippen LogP contribution in [0.15, 0.2) is 35.2 Å². The maximum Gasteiger partial charge on any atom is 0.325 e. The molecule has 1 atom stereocenters. The van der Waals surface area contributed by atoms with Gasteiger partial charge >= 0.3 is 5.97 Å². The Morgan fingerprint density at radius 2 is 2.06 bits per heavy atom. The number of carbonyl (C=O) groups is 1. The lowest BCUT2D eigenvalue weighted by atomic mass is 10.3. The highest BCUT2D eigenvalue weighted by molar-refractivity contribution is 8.01. The first-order chi connectivity index (χ1) is 7.68. The topological polar surface area (TPSA) is 26.3 Å². The van der Waals surface area contributed by atoms with Crippen LogP contribution >= 0.6 is 23.4 Å². The van der Waals surface area contributed by atoms with Gasteiger partial charge in [0.2, 0.25) is 0 Å². The van der Waals surface area contributed by atoms with Crippen molar-refractivity contribution >= 4 is 29.3 Å². The molecule has 0 radical (unpaired) electrons. The summed E-state index contributed by atoms with van der Waals surface area (Å²) in [6.45, 7) is 0. The summed E-state index contributed by atoms with van der Waals surface area (Å²) in [5.74, 6) is -0.331. The van der Waals surface area contributed by atoms with E-state index < -0.39 is 5.38 Å². The first kappa shape index (κ1) is 11.8. The molecule has 0 saturated heterocycles. The second-order valence-corrected chi connectivity index (χ2v) is 5.79. The summed E-state index contributed by atoms with van der Waals surface area (Å²) < 4.78 is 4.54. The summed E-state index contributed by atoms with van der Waals surface area (Å²) in [5, 5.41) is -0.553. The molecule has 1 aliphatic rings. The number of methoxy groups -OCH3 is 1. The van der Waals surface area contributed by atoms with Crippen molar-refractivity contribution in [3.8, 4) is 0 Å². The van der Waals surface area contributed by atoms with Gasteiger partial charge < -0.3 is 4.74 Å². The highest BCUT2D eigenvalue weighted by Gasteiger charge is 2.53. The van der Waals surface area contributed by atoms with Crippen molar-refractivity contribution in [1.82, 2.24) is 0 Å². The molecule has 2 nitrogen and oxygen atoms in total. The molecule has 0 aromatic heterocycles. The molecule has 1 aromatic carbocycles. The average molecular weight is 257 g/mol. The lowest BCUT2D eigenvalue weighted by Gasteiger charge is -2.18. The molecule has 1 fully saturated rings. The molecule has 2 rings (SSSR count). The molecule has 4 heteroatoms. The fourth-order valence-corrected chi connectivity index (χ4v) is 3.28. The molecule has 1 saturated carbocycles. The highest BCUT2D eigenvalue weighted by Crippen LogP contribution is 2.55. The normalized spacial score (nSPS) is 18.9. The molecule has 1 aliphatic carbocycles. The van der Waals surface area contributed by atoms with E-state index in [0.29, 0.717) is 0 Å². The second kappa shape index (κ2) is 4.68. The first-order valence-corrected chi connectivity index (χ1v) is 6.39. The van der Waals surface area contributed by atoms with E-state index in [0.717, 1.165) is 17.7 Å². The molecular weight excluding hydrogens is 244 g/mol. The van der Waals surface area contributed by atoms with E-state index in [1.54, 1.807) is 11.8 Å². The third kappa shape index (κ3) is 2.36. The summed E-state index contributed by atoms with van der Waals surface area (Å²) >= 11 is 7.82. The minimum atomic E-state index is -0.553. The molecule has 0 aliphatic heterocycles. The van der Waals surface area contributed by atoms with E-state index >= 15 is 0 Å². The molecule has 0 bridgehead atoms. The second-order valence-electron chi connectivity index (χ2n) is 3.87. The molecule has 86 valence electrons. The summed E-state index contributed by atoms with van der Waals surface area (Å²) in [4.78, 5) is 12.6. The number of carbonyl (C=O) groups excluding carboxylic acids is 1. The Labute approximate surface area is 104 Å². The van der Waals surface area contributed by atoms with Gasteiger partial charge in [-0.2, -0.15) is 0 Å². The van der Waals surface area contributed by atoms with Crippen LogP contribution < -0.4 is 0 Å². The number of benzene rings is 1. The predicted molar refractivity (Wildman–Crippen MR) is 65.9 cm³/mol. The van der Waals surface area contributed by atoms with Crippen molar-refractivity contribution in [2.75, 3.05) is 7.11 Å². The van der Waals surface area contributed by atoms with Crippen LogP contribution in [0, 0.1) is 0 Å². The van der Waals surface area contributed by atoms with Crippen LogP contribution in [-0.2, 0) is 9.53 Å². The van der Waals surface area contributed by atoms with Gasteiger partial charge in [0.1, 0.15) is 5.38 Å². The molecular formula is C12H13ClO2S. The number of hydrogen-bond donors (Lipinski definition) is 0. The van der Waals surface area contributed by atoms with Crippen LogP contribution in [-0.4, -0.2) is 23.2 Å². The van der Waals surface area contributed by atoms with Crippen LogP contribution in [0.25, 0.3) is 0 Å². The lowest BCUT2D eigenvalue weighted by molar-refractivity contribution is -0.140. The highest BCUT2D eigenvalue weighted by atomic mass is 35.5. The molecule has 1 aromatic rings. The fraction of sp³-hybridized carbons (Fsp3) is 0.417. The van der Waals surface area contributed by atoms with Gasteiger partial charge in [0.05, 0.1) is 7.11 Å². The van der Waals surface area contributed by atoms with Gasteiger partial charge in [-0.15, -0.1) is 23.4 Å². The van der Waals surface area contributed by atoms with Gasteiger partial charge in [-0.25, -0.2) is 0 Å². The van der Waals surface area contributed by atoms with Crippen LogP contribution in [0.1, 0.15) is 12.8 Å². The summed E-state index contributed by atoms with van der Waals surface area (Å²) in [6.07, 6.45) is 1.94. The number of hydrogen-bond acceptors (Lipinski definition) is 3. The smallest absolute Gasteiger partial charge is 0.325 e. The van der Waals surface area contributed by atoms with Crippen molar-refractivity contribution in [3.05, 3.63) is 30.3 Å². The minimum absolute atomic E-state index is 0.157. The Balaban J connectivity index is 2.07.